The minimum atomic E-state index is -1.41. The third kappa shape index (κ3) is 1.88. The zero-order valence-electron chi connectivity index (χ0n) is 17.0. The van der Waals surface area contributed by atoms with Crippen molar-refractivity contribution in [3.8, 4) is 0 Å². The second-order valence-corrected chi connectivity index (χ2v) is 8.58. The molecule has 2 saturated carbocycles. The average Bonchev–Trinajstić information content (AvgIpc) is 3.42. The van der Waals surface area contributed by atoms with Crippen LogP contribution in [0.5, 0.6) is 0 Å². The fourth-order valence-corrected chi connectivity index (χ4v) is 6.70. The molecule has 0 radical (unpaired) electrons. The van der Waals surface area contributed by atoms with E-state index >= 15 is 0 Å². The lowest BCUT2D eigenvalue weighted by Crippen LogP contribution is -2.73. The molecule has 4 aliphatic rings. The van der Waals surface area contributed by atoms with Crippen LogP contribution in [0, 0.1) is 23.2 Å². The van der Waals surface area contributed by atoms with Gasteiger partial charge in [-0.15, -0.1) is 0 Å². The van der Waals surface area contributed by atoms with E-state index in [2.05, 4.69) is 0 Å². The Balaban J connectivity index is 1.68. The van der Waals surface area contributed by atoms with Gasteiger partial charge in [-0.3, -0.25) is 19.2 Å². The van der Waals surface area contributed by atoms with Crippen molar-refractivity contribution in [2.75, 3.05) is 26.2 Å². The number of methoxy groups -OCH3 is 3. The van der Waals surface area contributed by atoms with Gasteiger partial charge in [0.15, 0.2) is 5.41 Å². The molecule has 2 aliphatic carbocycles. The standard InChI is InChI=1S/C22H23NO7/c1-28-18(25)21(19(26)29-2)10-13(21)16-11-8-9-15(24)23-14-7-5-4-6-12(14)22(16,17(11)23)20(27)30-3/h4-7,11,13,16-17H,8-10H2,1-3H3/t11-,13+,16-,17-,22-/m1/s1. The molecule has 8 heteroatoms. The van der Waals surface area contributed by atoms with E-state index in [4.69, 9.17) is 14.2 Å². The van der Waals surface area contributed by atoms with Gasteiger partial charge < -0.3 is 19.1 Å². The van der Waals surface area contributed by atoms with Crippen LogP contribution in [0.1, 0.15) is 24.8 Å². The third-order valence-electron chi connectivity index (χ3n) is 7.78. The van der Waals surface area contributed by atoms with Gasteiger partial charge in [0.05, 0.1) is 27.4 Å². The van der Waals surface area contributed by atoms with Gasteiger partial charge in [0, 0.05) is 12.1 Å². The highest BCUT2D eigenvalue weighted by molar-refractivity contribution is 6.07. The Morgan fingerprint density at radius 3 is 2.27 bits per heavy atom. The summed E-state index contributed by atoms with van der Waals surface area (Å²) >= 11 is 0. The Morgan fingerprint density at radius 1 is 1.00 bits per heavy atom. The first-order chi connectivity index (χ1) is 14.4. The lowest BCUT2D eigenvalue weighted by atomic mass is 9.45. The van der Waals surface area contributed by atoms with Crippen LogP contribution in [0.3, 0.4) is 0 Å². The fraction of sp³-hybridized carbons (Fsp3) is 0.545. The predicted molar refractivity (Wildman–Crippen MR) is 102 cm³/mol. The number of para-hydroxylation sites is 1. The first kappa shape index (κ1) is 19.1. The normalized spacial score (nSPS) is 34.2. The molecule has 5 rings (SSSR count). The van der Waals surface area contributed by atoms with Crippen molar-refractivity contribution in [1.29, 1.82) is 0 Å². The van der Waals surface area contributed by atoms with E-state index < -0.39 is 34.7 Å². The van der Waals surface area contributed by atoms with E-state index in [1.165, 1.54) is 21.3 Å². The second kappa shape index (κ2) is 6.06. The van der Waals surface area contributed by atoms with E-state index in [1.807, 2.05) is 24.3 Å². The van der Waals surface area contributed by atoms with E-state index in [1.54, 1.807) is 4.90 Å². The quantitative estimate of drug-likeness (QED) is 0.416. The number of esters is 3. The molecule has 0 aromatic heterocycles. The summed E-state index contributed by atoms with van der Waals surface area (Å²) < 4.78 is 15.2. The SMILES string of the molecule is COC(=O)C1(C(=O)OC)C[C@H]1[C@H]1[C@H]2CCC(=O)N3c4ccccc4[C@]1(C(=O)OC)[C@@H]23. The van der Waals surface area contributed by atoms with E-state index in [0.29, 0.717) is 18.5 Å². The minimum Gasteiger partial charge on any atom is -0.468 e. The van der Waals surface area contributed by atoms with Crippen molar-refractivity contribution in [3.63, 3.8) is 0 Å². The summed E-state index contributed by atoms with van der Waals surface area (Å²) in [7, 11) is 3.82. The monoisotopic (exact) mass is 413 g/mol. The number of hydrogen-bond donors (Lipinski definition) is 0. The van der Waals surface area contributed by atoms with Crippen LogP contribution in [-0.4, -0.2) is 51.2 Å². The number of rotatable bonds is 4. The summed E-state index contributed by atoms with van der Waals surface area (Å²) in [5, 5.41) is 0. The van der Waals surface area contributed by atoms with Crippen LogP contribution in [0.4, 0.5) is 5.69 Å². The number of carbonyl (C=O) groups excluding carboxylic acids is 4. The Bertz CT molecular complexity index is 971. The fourth-order valence-electron chi connectivity index (χ4n) is 6.70. The number of hydrogen-bond acceptors (Lipinski definition) is 7. The predicted octanol–water partition coefficient (Wildman–Crippen LogP) is 1.20. The van der Waals surface area contributed by atoms with Gasteiger partial charge in [0.1, 0.15) is 5.41 Å². The summed E-state index contributed by atoms with van der Waals surface area (Å²) in [6.45, 7) is 0. The maximum atomic E-state index is 13.3. The van der Waals surface area contributed by atoms with Crippen molar-refractivity contribution in [2.24, 2.45) is 23.2 Å². The van der Waals surface area contributed by atoms with Crippen molar-refractivity contribution in [1.82, 2.24) is 0 Å². The summed E-state index contributed by atoms with van der Waals surface area (Å²) in [5.41, 5.74) is -1.06. The van der Waals surface area contributed by atoms with Crippen molar-refractivity contribution < 1.29 is 33.4 Å². The number of amides is 1. The molecule has 0 bridgehead atoms. The van der Waals surface area contributed by atoms with E-state index in [0.717, 1.165) is 5.56 Å². The molecule has 0 N–H and O–H groups in total. The summed E-state index contributed by atoms with van der Waals surface area (Å²) in [6.07, 6.45) is 1.22. The zero-order chi connectivity index (χ0) is 21.4. The Morgan fingerprint density at radius 2 is 1.63 bits per heavy atom. The molecule has 5 atom stereocenters. The zero-order valence-corrected chi connectivity index (χ0v) is 17.0. The highest BCUT2D eigenvalue weighted by Gasteiger charge is 2.83. The molecule has 1 saturated heterocycles. The van der Waals surface area contributed by atoms with Gasteiger partial charge in [-0.05, 0) is 42.2 Å². The molecule has 8 nitrogen and oxygen atoms in total. The van der Waals surface area contributed by atoms with Crippen LogP contribution in [0.25, 0.3) is 0 Å². The number of benzene rings is 1. The molecular formula is C22H23NO7. The summed E-state index contributed by atoms with van der Waals surface area (Å²) in [4.78, 5) is 53.2. The first-order valence-electron chi connectivity index (χ1n) is 10.1. The molecule has 1 amide bonds. The van der Waals surface area contributed by atoms with Gasteiger partial charge in [-0.25, -0.2) is 0 Å². The Kier molecular flexibility index (Phi) is 3.85. The number of carbonyl (C=O) groups is 4. The molecular weight excluding hydrogens is 390 g/mol. The van der Waals surface area contributed by atoms with Crippen molar-refractivity contribution in [3.05, 3.63) is 29.8 Å². The smallest absolute Gasteiger partial charge is 0.323 e. The third-order valence-corrected chi connectivity index (χ3v) is 7.78. The largest absolute Gasteiger partial charge is 0.468 e. The number of piperidine rings is 1. The lowest BCUT2D eigenvalue weighted by Gasteiger charge is -2.60. The molecule has 1 aromatic rings. The molecule has 1 aromatic carbocycles. The van der Waals surface area contributed by atoms with Crippen LogP contribution >= 0.6 is 0 Å². The maximum absolute atomic E-state index is 13.3. The Labute approximate surface area is 173 Å². The summed E-state index contributed by atoms with van der Waals surface area (Å²) in [5.74, 6) is -2.50. The van der Waals surface area contributed by atoms with Gasteiger partial charge in [0.2, 0.25) is 5.91 Å². The van der Waals surface area contributed by atoms with E-state index in [-0.39, 0.29) is 30.2 Å². The average molecular weight is 413 g/mol. The first-order valence-corrected chi connectivity index (χ1v) is 10.1. The Hall–Kier alpha value is -2.90. The molecule has 2 heterocycles. The molecule has 30 heavy (non-hydrogen) atoms. The molecule has 2 aliphatic heterocycles. The number of nitrogens with zero attached hydrogens (tertiary/aromatic N) is 1. The topological polar surface area (TPSA) is 99.2 Å². The van der Waals surface area contributed by atoms with Gasteiger partial charge >= 0.3 is 17.9 Å². The lowest BCUT2D eigenvalue weighted by molar-refractivity contribution is -0.173. The highest BCUT2D eigenvalue weighted by Crippen LogP contribution is 2.74. The van der Waals surface area contributed by atoms with Crippen molar-refractivity contribution in [2.45, 2.75) is 30.7 Å². The molecule has 3 fully saturated rings. The minimum absolute atomic E-state index is 0.0177. The van der Waals surface area contributed by atoms with Crippen LogP contribution in [0.15, 0.2) is 24.3 Å². The van der Waals surface area contributed by atoms with Gasteiger partial charge in [-0.1, -0.05) is 18.2 Å². The van der Waals surface area contributed by atoms with Crippen LogP contribution < -0.4 is 4.90 Å². The number of fused-ring (bicyclic) bond motifs is 3. The van der Waals surface area contributed by atoms with Gasteiger partial charge in [-0.2, -0.15) is 0 Å². The highest BCUT2D eigenvalue weighted by atomic mass is 16.5. The van der Waals surface area contributed by atoms with Crippen LogP contribution in [-0.2, 0) is 38.8 Å². The number of ether oxygens (including phenoxy) is 3. The summed E-state index contributed by atoms with van der Waals surface area (Å²) in [6, 6.07) is 7.00. The number of anilines is 1. The molecule has 0 unspecified atom stereocenters. The molecule has 0 spiro atoms. The molecule has 158 valence electrons. The van der Waals surface area contributed by atoms with Crippen LogP contribution in [0.2, 0.25) is 0 Å². The van der Waals surface area contributed by atoms with Gasteiger partial charge in [0.25, 0.3) is 0 Å². The van der Waals surface area contributed by atoms with Crippen molar-refractivity contribution >= 4 is 29.5 Å². The van der Waals surface area contributed by atoms with E-state index in [9.17, 15) is 19.2 Å². The second-order valence-electron chi connectivity index (χ2n) is 8.58. The maximum Gasteiger partial charge on any atom is 0.323 e.